The van der Waals surface area contributed by atoms with Gasteiger partial charge in [-0.15, -0.1) is 0 Å². The highest BCUT2D eigenvalue weighted by Gasteiger charge is 2.50. The molecular formula is C21H22N4O6. The molecule has 3 rings (SSSR count). The Morgan fingerprint density at radius 3 is 2.48 bits per heavy atom. The lowest BCUT2D eigenvalue weighted by atomic mass is 9.91. The van der Waals surface area contributed by atoms with E-state index < -0.39 is 22.8 Å². The number of nitro groups is 1. The number of ether oxygens (including phenoxy) is 2. The summed E-state index contributed by atoms with van der Waals surface area (Å²) in [5.74, 6) is 0. The first-order valence-electron chi connectivity index (χ1n) is 9.71. The summed E-state index contributed by atoms with van der Waals surface area (Å²) in [6, 6.07) is 14.7. The highest BCUT2D eigenvalue weighted by atomic mass is 16.6. The van der Waals surface area contributed by atoms with Crippen LogP contribution in [0.25, 0.3) is 0 Å². The van der Waals surface area contributed by atoms with Crippen molar-refractivity contribution in [2.24, 2.45) is 5.10 Å². The molecule has 162 valence electrons. The van der Waals surface area contributed by atoms with Gasteiger partial charge in [-0.2, -0.15) is 10.1 Å². The number of nitrogens with one attached hydrogen (secondary N) is 1. The molecule has 1 N–H and O–H groups in total. The van der Waals surface area contributed by atoms with E-state index in [0.29, 0.717) is 16.8 Å². The molecule has 1 heterocycles. The number of carbonyl (C=O) groups excluding carboxylic acids is 2. The number of alkyl carbamates (subject to hydrolysis) is 1. The SMILES string of the molecule is CCOC(=O)N[C@@]1(c2ccccc2)CC(c2cccc([N+](=O)[O-])c2)=NN1C(=O)OCC. The number of hydrazone groups is 1. The maximum absolute atomic E-state index is 12.8. The first-order valence-corrected chi connectivity index (χ1v) is 9.71. The van der Waals surface area contributed by atoms with E-state index in [1.165, 1.54) is 18.2 Å². The number of benzene rings is 2. The third-order valence-electron chi connectivity index (χ3n) is 4.67. The number of hydrogen-bond donors (Lipinski definition) is 1. The summed E-state index contributed by atoms with van der Waals surface area (Å²) in [6.45, 7) is 3.55. The first-order chi connectivity index (χ1) is 14.9. The van der Waals surface area contributed by atoms with Crippen LogP contribution in [0.4, 0.5) is 15.3 Å². The lowest BCUT2D eigenvalue weighted by Gasteiger charge is -2.36. The van der Waals surface area contributed by atoms with Crippen LogP contribution in [0.2, 0.25) is 0 Å². The van der Waals surface area contributed by atoms with Gasteiger partial charge in [0.15, 0.2) is 5.66 Å². The molecule has 1 aliphatic heterocycles. The zero-order valence-electron chi connectivity index (χ0n) is 17.1. The van der Waals surface area contributed by atoms with Gasteiger partial charge in [0, 0.05) is 29.7 Å². The fourth-order valence-electron chi connectivity index (χ4n) is 3.34. The third kappa shape index (κ3) is 4.47. The largest absolute Gasteiger partial charge is 0.450 e. The number of rotatable bonds is 6. The van der Waals surface area contributed by atoms with Crippen LogP contribution < -0.4 is 5.32 Å². The Balaban J connectivity index is 2.12. The molecule has 2 aromatic carbocycles. The second kappa shape index (κ2) is 9.24. The molecule has 2 amide bonds. The number of carbonyl (C=O) groups is 2. The number of nitrogens with zero attached hydrogens (tertiary/aromatic N) is 3. The number of nitro benzene ring substituents is 1. The van der Waals surface area contributed by atoms with Crippen LogP contribution in [-0.2, 0) is 15.1 Å². The molecule has 0 unspecified atom stereocenters. The fraction of sp³-hybridized carbons (Fsp3) is 0.286. The summed E-state index contributed by atoms with van der Waals surface area (Å²) in [6.07, 6.45) is -1.46. The predicted octanol–water partition coefficient (Wildman–Crippen LogP) is 3.76. The Hall–Kier alpha value is -3.95. The van der Waals surface area contributed by atoms with Gasteiger partial charge in [0.25, 0.3) is 5.69 Å². The van der Waals surface area contributed by atoms with E-state index in [2.05, 4.69) is 10.4 Å². The van der Waals surface area contributed by atoms with Crippen molar-refractivity contribution in [3.8, 4) is 0 Å². The van der Waals surface area contributed by atoms with Crippen molar-refractivity contribution in [2.75, 3.05) is 13.2 Å². The lowest BCUT2D eigenvalue weighted by Crippen LogP contribution is -2.56. The van der Waals surface area contributed by atoms with Gasteiger partial charge in [-0.1, -0.05) is 42.5 Å². The van der Waals surface area contributed by atoms with E-state index in [0.717, 1.165) is 5.01 Å². The molecule has 10 nitrogen and oxygen atoms in total. The Labute approximate surface area is 178 Å². The van der Waals surface area contributed by atoms with Gasteiger partial charge in [0.05, 0.1) is 23.8 Å². The van der Waals surface area contributed by atoms with Crippen LogP contribution in [0, 0.1) is 10.1 Å². The van der Waals surface area contributed by atoms with Gasteiger partial charge in [-0.3, -0.25) is 15.4 Å². The van der Waals surface area contributed by atoms with Crippen molar-refractivity contribution in [3.63, 3.8) is 0 Å². The second-order valence-corrected chi connectivity index (χ2v) is 6.61. The van der Waals surface area contributed by atoms with Gasteiger partial charge in [0.1, 0.15) is 0 Å². The predicted molar refractivity (Wildman–Crippen MR) is 111 cm³/mol. The minimum atomic E-state index is -1.43. The van der Waals surface area contributed by atoms with Crippen LogP contribution in [0.5, 0.6) is 0 Å². The van der Waals surface area contributed by atoms with Gasteiger partial charge in [0.2, 0.25) is 0 Å². The van der Waals surface area contributed by atoms with Crippen molar-refractivity contribution in [1.29, 1.82) is 0 Å². The second-order valence-electron chi connectivity index (χ2n) is 6.61. The number of hydrogen-bond acceptors (Lipinski definition) is 7. The lowest BCUT2D eigenvalue weighted by molar-refractivity contribution is -0.384. The molecule has 1 aliphatic rings. The standard InChI is InChI=1S/C21H22N4O6/c1-3-30-19(26)22-21(16-10-6-5-7-11-16)14-18(23-24(21)20(27)31-4-2)15-9-8-12-17(13-15)25(28)29/h5-13H,3-4,14H2,1-2H3,(H,22,26)/t21-/m0/s1. The number of amides is 2. The summed E-state index contributed by atoms with van der Waals surface area (Å²) in [5, 5.41) is 19.4. The Kier molecular flexibility index (Phi) is 6.49. The normalized spacial score (nSPS) is 17.6. The van der Waals surface area contributed by atoms with Crippen LogP contribution >= 0.6 is 0 Å². The minimum Gasteiger partial charge on any atom is -0.450 e. The highest BCUT2D eigenvalue weighted by Crippen LogP contribution is 2.38. The van der Waals surface area contributed by atoms with Gasteiger partial charge < -0.3 is 9.47 Å². The third-order valence-corrected chi connectivity index (χ3v) is 4.67. The molecule has 2 aromatic rings. The smallest absolute Gasteiger partial charge is 0.432 e. The molecule has 0 saturated carbocycles. The molecule has 0 saturated heterocycles. The molecule has 0 aromatic heterocycles. The summed E-state index contributed by atoms with van der Waals surface area (Å²) >= 11 is 0. The Morgan fingerprint density at radius 2 is 1.84 bits per heavy atom. The molecule has 31 heavy (non-hydrogen) atoms. The molecule has 10 heteroatoms. The van der Waals surface area contributed by atoms with Crippen molar-refractivity contribution in [3.05, 3.63) is 75.8 Å². The van der Waals surface area contributed by atoms with Crippen LogP contribution in [-0.4, -0.2) is 41.0 Å². The van der Waals surface area contributed by atoms with Gasteiger partial charge in [-0.05, 0) is 13.8 Å². The van der Waals surface area contributed by atoms with E-state index in [1.807, 2.05) is 0 Å². The molecule has 0 radical (unpaired) electrons. The van der Waals surface area contributed by atoms with E-state index in [9.17, 15) is 19.7 Å². The highest BCUT2D eigenvalue weighted by molar-refractivity contribution is 6.04. The summed E-state index contributed by atoms with van der Waals surface area (Å²) in [7, 11) is 0. The summed E-state index contributed by atoms with van der Waals surface area (Å²) in [4.78, 5) is 35.9. The van der Waals surface area contributed by atoms with Crippen molar-refractivity contribution >= 4 is 23.6 Å². The van der Waals surface area contributed by atoms with Crippen molar-refractivity contribution in [2.45, 2.75) is 25.9 Å². The summed E-state index contributed by atoms with van der Waals surface area (Å²) < 4.78 is 10.2. The van der Waals surface area contributed by atoms with Crippen LogP contribution in [0.1, 0.15) is 31.4 Å². The average molecular weight is 426 g/mol. The molecule has 0 bridgehead atoms. The van der Waals surface area contributed by atoms with Crippen molar-refractivity contribution < 1.29 is 24.0 Å². The monoisotopic (exact) mass is 426 g/mol. The molecule has 0 aliphatic carbocycles. The Bertz CT molecular complexity index is 1010. The van der Waals surface area contributed by atoms with Gasteiger partial charge in [-0.25, -0.2) is 9.59 Å². The zero-order valence-corrected chi connectivity index (χ0v) is 17.1. The topological polar surface area (TPSA) is 123 Å². The molecule has 0 fully saturated rings. The maximum Gasteiger partial charge on any atom is 0.432 e. The quantitative estimate of drug-likeness (QED) is 0.554. The van der Waals surface area contributed by atoms with E-state index >= 15 is 0 Å². The van der Waals surface area contributed by atoms with Crippen LogP contribution in [0.3, 0.4) is 0 Å². The maximum atomic E-state index is 12.8. The minimum absolute atomic E-state index is 0.0514. The number of non-ortho nitro benzene ring substituents is 1. The van der Waals surface area contributed by atoms with Crippen LogP contribution in [0.15, 0.2) is 59.7 Å². The van der Waals surface area contributed by atoms with E-state index in [4.69, 9.17) is 9.47 Å². The Morgan fingerprint density at radius 1 is 1.13 bits per heavy atom. The first kappa shape index (κ1) is 21.8. The average Bonchev–Trinajstić information content (AvgIpc) is 3.15. The van der Waals surface area contributed by atoms with Crippen molar-refractivity contribution in [1.82, 2.24) is 10.3 Å². The molecule has 1 atom stereocenters. The summed E-state index contributed by atoms with van der Waals surface area (Å²) in [5.41, 5.74) is -0.150. The van der Waals surface area contributed by atoms with E-state index in [1.54, 1.807) is 50.2 Å². The van der Waals surface area contributed by atoms with E-state index in [-0.39, 0.29) is 25.3 Å². The fourth-order valence-corrected chi connectivity index (χ4v) is 3.34. The molecule has 0 spiro atoms. The zero-order chi connectivity index (χ0) is 22.4. The molecular weight excluding hydrogens is 404 g/mol. The van der Waals surface area contributed by atoms with Gasteiger partial charge >= 0.3 is 12.2 Å².